The molecule has 0 atom stereocenters. The van der Waals surface area contributed by atoms with Gasteiger partial charge in [0.05, 0.1) is 45.6 Å². The van der Waals surface area contributed by atoms with E-state index in [1.165, 1.54) is 44.9 Å². The van der Waals surface area contributed by atoms with Crippen molar-refractivity contribution in [2.45, 2.75) is 18.4 Å². The van der Waals surface area contributed by atoms with Crippen LogP contribution in [0.15, 0.2) is 59.5 Å². The van der Waals surface area contributed by atoms with E-state index in [0.29, 0.717) is 39.8 Å². The van der Waals surface area contributed by atoms with Gasteiger partial charge in [-0.2, -0.15) is 0 Å². The summed E-state index contributed by atoms with van der Waals surface area (Å²) in [5.74, 6) is 1.18. The number of hydrogen-bond donors (Lipinski definition) is 0. The fourth-order valence-electron chi connectivity index (χ4n) is 3.30. The van der Waals surface area contributed by atoms with Crippen molar-refractivity contribution in [3.05, 3.63) is 71.5 Å². The zero-order valence-corrected chi connectivity index (χ0v) is 19.9. The van der Waals surface area contributed by atoms with Crippen molar-refractivity contribution in [1.82, 2.24) is 0 Å². The van der Waals surface area contributed by atoms with Gasteiger partial charge >= 0.3 is 0 Å². The lowest BCUT2D eigenvalue weighted by Crippen LogP contribution is -2.30. The number of halogens is 1. The summed E-state index contributed by atoms with van der Waals surface area (Å²) in [7, 11) is 1.82. The van der Waals surface area contributed by atoms with Crippen LogP contribution in [0, 0.1) is 12.7 Å². The maximum atomic E-state index is 14.3. The van der Waals surface area contributed by atoms with Gasteiger partial charge in [0.1, 0.15) is 5.82 Å². The Bertz CT molecular complexity index is 1250. The third-order valence-electron chi connectivity index (χ3n) is 5.16. The zero-order chi connectivity index (χ0) is 24.2. The van der Waals surface area contributed by atoms with Crippen molar-refractivity contribution in [3.8, 4) is 23.0 Å². The highest BCUT2D eigenvalue weighted by Gasteiger charge is 2.27. The van der Waals surface area contributed by atoms with Gasteiger partial charge in [0.2, 0.25) is 0 Å². The fraction of sp³-hybridized carbons (Fsp3) is 0.250. The van der Waals surface area contributed by atoms with Crippen molar-refractivity contribution in [3.63, 3.8) is 0 Å². The van der Waals surface area contributed by atoms with E-state index in [1.54, 1.807) is 43.3 Å². The predicted octanol–water partition coefficient (Wildman–Crippen LogP) is 4.56. The second-order valence-corrected chi connectivity index (χ2v) is 9.01. The van der Waals surface area contributed by atoms with Gasteiger partial charge < -0.3 is 18.9 Å². The highest BCUT2D eigenvalue weighted by molar-refractivity contribution is 7.92. The van der Waals surface area contributed by atoms with Crippen molar-refractivity contribution >= 4 is 15.7 Å². The number of hydrogen-bond acceptors (Lipinski definition) is 6. The second-order valence-electron chi connectivity index (χ2n) is 7.15. The normalized spacial score (nSPS) is 11.1. The number of benzene rings is 3. The van der Waals surface area contributed by atoms with Crippen LogP contribution in [0.25, 0.3) is 0 Å². The van der Waals surface area contributed by atoms with Gasteiger partial charge in [0.15, 0.2) is 23.0 Å². The van der Waals surface area contributed by atoms with E-state index < -0.39 is 15.8 Å². The molecule has 0 aliphatic rings. The molecule has 0 aromatic heterocycles. The largest absolute Gasteiger partial charge is 0.493 e. The zero-order valence-electron chi connectivity index (χ0n) is 19.1. The maximum absolute atomic E-state index is 14.3. The molecule has 0 unspecified atom stereocenters. The summed E-state index contributed by atoms with van der Waals surface area (Å²) in [4.78, 5) is -0.166. The molecule has 0 fully saturated rings. The molecule has 0 aliphatic carbocycles. The molecule has 0 saturated heterocycles. The number of aryl methyl sites for hydroxylation is 1. The summed E-state index contributed by atoms with van der Waals surface area (Å²) in [5, 5.41) is 0. The van der Waals surface area contributed by atoms with Crippen molar-refractivity contribution in [2.75, 3.05) is 32.7 Å². The summed E-state index contributed by atoms with van der Waals surface area (Å²) in [6.45, 7) is 1.52. The molecule has 0 N–H and O–H groups in total. The minimum absolute atomic E-state index is 0.0480. The summed E-state index contributed by atoms with van der Waals surface area (Å²) in [6.07, 6.45) is 0. The molecular weight excluding hydrogens is 449 g/mol. The minimum atomic E-state index is -4.15. The molecule has 3 rings (SSSR count). The van der Waals surface area contributed by atoms with Crippen molar-refractivity contribution < 1.29 is 31.8 Å². The molecule has 3 aromatic rings. The average molecular weight is 476 g/mol. The van der Waals surface area contributed by atoms with Crippen LogP contribution in [0.4, 0.5) is 10.1 Å². The smallest absolute Gasteiger partial charge is 0.264 e. The number of methoxy groups -OCH3 is 4. The SMILES string of the molecule is COc1ccc(CN(c2ccc(OC)c(OC)c2)S(=O)(=O)c2ccc(C)c(F)c2)cc1OC. The third kappa shape index (κ3) is 4.98. The molecule has 7 nitrogen and oxygen atoms in total. The quantitative estimate of drug-likeness (QED) is 0.452. The van der Waals surface area contributed by atoms with Gasteiger partial charge in [-0.15, -0.1) is 0 Å². The first-order valence-corrected chi connectivity index (χ1v) is 11.4. The number of anilines is 1. The van der Waals surface area contributed by atoms with Crippen LogP contribution in [0.1, 0.15) is 11.1 Å². The lowest BCUT2D eigenvalue weighted by atomic mass is 10.2. The van der Waals surface area contributed by atoms with E-state index in [1.807, 2.05) is 0 Å². The first-order chi connectivity index (χ1) is 15.7. The van der Waals surface area contributed by atoms with Gasteiger partial charge in [-0.1, -0.05) is 12.1 Å². The Morgan fingerprint density at radius 3 is 1.91 bits per heavy atom. The van der Waals surface area contributed by atoms with E-state index in [2.05, 4.69) is 0 Å². The van der Waals surface area contributed by atoms with E-state index >= 15 is 0 Å². The Morgan fingerprint density at radius 1 is 0.758 bits per heavy atom. The highest BCUT2D eigenvalue weighted by Crippen LogP contribution is 2.36. The van der Waals surface area contributed by atoms with Gasteiger partial charge in [-0.3, -0.25) is 4.31 Å². The van der Waals surface area contributed by atoms with Gasteiger partial charge in [-0.05, 0) is 54.4 Å². The van der Waals surface area contributed by atoms with Gasteiger partial charge in [0.25, 0.3) is 10.0 Å². The van der Waals surface area contributed by atoms with E-state index in [-0.39, 0.29) is 11.4 Å². The topological polar surface area (TPSA) is 74.3 Å². The molecule has 0 saturated carbocycles. The fourth-order valence-corrected chi connectivity index (χ4v) is 4.76. The summed E-state index contributed by atoms with van der Waals surface area (Å²) >= 11 is 0. The molecule has 0 heterocycles. The van der Waals surface area contributed by atoms with Gasteiger partial charge in [0, 0.05) is 6.07 Å². The Hall–Kier alpha value is -3.46. The first kappa shape index (κ1) is 24.2. The second kappa shape index (κ2) is 9.99. The number of rotatable bonds is 9. The molecule has 33 heavy (non-hydrogen) atoms. The summed E-state index contributed by atoms with van der Waals surface area (Å²) < 4.78 is 64.0. The lowest BCUT2D eigenvalue weighted by Gasteiger charge is -2.26. The predicted molar refractivity (Wildman–Crippen MR) is 124 cm³/mol. The van der Waals surface area contributed by atoms with Crippen LogP contribution < -0.4 is 23.3 Å². The van der Waals surface area contributed by atoms with Crippen LogP contribution in [-0.4, -0.2) is 36.9 Å². The summed E-state index contributed by atoms with van der Waals surface area (Å²) in [6, 6.07) is 13.7. The van der Waals surface area contributed by atoms with Crippen LogP contribution in [0.2, 0.25) is 0 Å². The first-order valence-electron chi connectivity index (χ1n) is 9.97. The maximum Gasteiger partial charge on any atom is 0.264 e. The Kier molecular flexibility index (Phi) is 7.33. The molecule has 9 heteroatoms. The standard InChI is InChI=1S/C24H26FNO6S/c1-16-6-9-19(14-20(16)25)33(27,28)26(18-8-11-22(30-3)24(13-18)32-5)15-17-7-10-21(29-2)23(12-17)31-4/h6-14H,15H2,1-5H3. The molecule has 0 radical (unpaired) electrons. The molecule has 0 bridgehead atoms. The molecule has 0 aliphatic heterocycles. The molecule has 3 aromatic carbocycles. The third-order valence-corrected chi connectivity index (χ3v) is 6.93. The van der Waals surface area contributed by atoms with E-state index in [0.717, 1.165) is 6.07 Å². The molecule has 0 spiro atoms. The Balaban J connectivity index is 2.15. The average Bonchev–Trinajstić information content (AvgIpc) is 2.83. The van der Waals surface area contributed by atoms with Crippen LogP contribution in [0.5, 0.6) is 23.0 Å². The Morgan fingerprint density at radius 2 is 1.33 bits per heavy atom. The van der Waals surface area contributed by atoms with Gasteiger partial charge in [-0.25, -0.2) is 12.8 Å². The van der Waals surface area contributed by atoms with Crippen molar-refractivity contribution in [1.29, 1.82) is 0 Å². The summed E-state index contributed by atoms with van der Waals surface area (Å²) in [5.41, 5.74) is 1.31. The Labute approximate surface area is 193 Å². The molecule has 0 amide bonds. The minimum Gasteiger partial charge on any atom is -0.493 e. The monoisotopic (exact) mass is 475 g/mol. The van der Waals surface area contributed by atoms with Crippen LogP contribution in [-0.2, 0) is 16.6 Å². The highest BCUT2D eigenvalue weighted by atomic mass is 32.2. The number of sulfonamides is 1. The van der Waals surface area contributed by atoms with E-state index in [9.17, 15) is 12.8 Å². The van der Waals surface area contributed by atoms with Crippen LogP contribution in [0.3, 0.4) is 0 Å². The van der Waals surface area contributed by atoms with Crippen molar-refractivity contribution in [2.24, 2.45) is 0 Å². The number of nitrogens with zero attached hydrogens (tertiary/aromatic N) is 1. The number of ether oxygens (including phenoxy) is 4. The molecule has 176 valence electrons. The van der Waals surface area contributed by atoms with Crippen LogP contribution >= 0.6 is 0 Å². The van der Waals surface area contributed by atoms with E-state index in [4.69, 9.17) is 18.9 Å². The molecular formula is C24H26FNO6S. The lowest BCUT2D eigenvalue weighted by molar-refractivity contribution is 0.354.